The van der Waals surface area contributed by atoms with Gasteiger partial charge in [0, 0.05) is 18.5 Å². The maximum absolute atomic E-state index is 6.50. The Labute approximate surface area is 203 Å². The van der Waals surface area contributed by atoms with Crippen LogP contribution in [0.2, 0.25) is 0 Å². The van der Waals surface area contributed by atoms with Gasteiger partial charge in [0.2, 0.25) is 17.3 Å². The standard InChI is InChI=1S/C31H23N2O2/c1-32-26-15-13-20-8-3-5-11-23(20)30(26)25(18-22-10-7-17-34-22)28(32)19-29-33(2)27-16-14-21-9-4-6-12-24(21)31(27)35-29/h3-19H,1-2H3/q+1/b25-18+. The summed E-state index contributed by atoms with van der Waals surface area (Å²) in [4.78, 5) is 2.12. The quantitative estimate of drug-likeness (QED) is 0.263. The van der Waals surface area contributed by atoms with Crippen LogP contribution in [-0.2, 0) is 0 Å². The van der Waals surface area contributed by atoms with Crippen LogP contribution in [-0.4, -0.2) is 24.4 Å². The van der Waals surface area contributed by atoms with Crippen molar-refractivity contribution in [1.29, 1.82) is 0 Å². The van der Waals surface area contributed by atoms with Crippen LogP contribution < -0.4 is 9.64 Å². The molecule has 0 fully saturated rings. The van der Waals surface area contributed by atoms with E-state index >= 15 is 0 Å². The van der Waals surface area contributed by atoms with E-state index in [2.05, 4.69) is 109 Å². The van der Waals surface area contributed by atoms with Gasteiger partial charge in [0.15, 0.2) is 5.75 Å². The Hall–Kier alpha value is -4.57. The van der Waals surface area contributed by atoms with Crippen LogP contribution in [0.3, 0.4) is 0 Å². The highest BCUT2D eigenvalue weighted by atomic mass is 16.5. The van der Waals surface area contributed by atoms with Crippen molar-refractivity contribution in [3.63, 3.8) is 0 Å². The highest BCUT2D eigenvalue weighted by Crippen LogP contribution is 2.45. The van der Waals surface area contributed by atoms with Gasteiger partial charge in [0.05, 0.1) is 29.2 Å². The number of rotatable bonds is 2. The molecule has 0 aliphatic carbocycles. The lowest BCUT2D eigenvalue weighted by molar-refractivity contribution is -0.399. The first-order chi connectivity index (χ1) is 17.2. The maximum atomic E-state index is 6.50. The zero-order valence-electron chi connectivity index (χ0n) is 19.5. The van der Waals surface area contributed by atoms with E-state index in [4.69, 9.17) is 9.15 Å². The molecule has 0 spiro atoms. The van der Waals surface area contributed by atoms with E-state index in [0.717, 1.165) is 45.4 Å². The van der Waals surface area contributed by atoms with Crippen molar-refractivity contribution in [3.05, 3.63) is 114 Å². The van der Waals surface area contributed by atoms with Gasteiger partial charge in [-0.05, 0) is 46.5 Å². The van der Waals surface area contributed by atoms with E-state index in [1.165, 1.54) is 21.7 Å². The summed E-state index contributed by atoms with van der Waals surface area (Å²) in [5.41, 5.74) is 5.61. The van der Waals surface area contributed by atoms with E-state index in [0.29, 0.717) is 0 Å². The molecule has 0 bridgehead atoms. The fourth-order valence-electron chi connectivity index (χ4n) is 5.24. The molecule has 0 atom stereocenters. The molecule has 0 amide bonds. The Balaban J connectivity index is 1.42. The van der Waals surface area contributed by atoms with Gasteiger partial charge < -0.3 is 14.1 Å². The average molecular weight is 456 g/mol. The van der Waals surface area contributed by atoms with E-state index in [1.54, 1.807) is 6.26 Å². The number of ether oxygens (including phenoxy) is 1. The van der Waals surface area contributed by atoms with E-state index in [-0.39, 0.29) is 0 Å². The molecule has 0 saturated heterocycles. The van der Waals surface area contributed by atoms with Gasteiger partial charge in [-0.1, -0.05) is 54.6 Å². The largest absolute Gasteiger partial charge is 0.465 e. The van der Waals surface area contributed by atoms with Crippen molar-refractivity contribution in [2.45, 2.75) is 0 Å². The Morgan fingerprint density at radius 3 is 2.31 bits per heavy atom. The summed E-state index contributed by atoms with van der Waals surface area (Å²) >= 11 is 0. The van der Waals surface area contributed by atoms with Crippen LogP contribution >= 0.6 is 0 Å². The van der Waals surface area contributed by atoms with E-state index < -0.39 is 0 Å². The summed E-state index contributed by atoms with van der Waals surface area (Å²) in [5, 5.41) is 4.72. The second-order valence-electron chi connectivity index (χ2n) is 8.98. The Morgan fingerprint density at radius 2 is 1.51 bits per heavy atom. The minimum absolute atomic E-state index is 0.792. The van der Waals surface area contributed by atoms with Crippen molar-refractivity contribution in [3.8, 4) is 5.75 Å². The predicted molar refractivity (Wildman–Crippen MR) is 142 cm³/mol. The van der Waals surface area contributed by atoms with Crippen molar-refractivity contribution in [2.75, 3.05) is 19.0 Å². The van der Waals surface area contributed by atoms with Gasteiger partial charge in [-0.15, -0.1) is 0 Å². The molecule has 5 aromatic rings. The molecule has 0 saturated carbocycles. The number of benzene rings is 4. The molecule has 0 unspecified atom stereocenters. The smallest absolute Gasteiger partial charge is 0.219 e. The first kappa shape index (κ1) is 19.9. The fraction of sp³-hybridized carbons (Fsp3) is 0.0645. The zero-order valence-corrected chi connectivity index (χ0v) is 19.5. The van der Waals surface area contributed by atoms with Gasteiger partial charge in [-0.3, -0.25) is 0 Å². The third-order valence-electron chi connectivity index (χ3n) is 7.02. The maximum Gasteiger partial charge on any atom is 0.219 e. The van der Waals surface area contributed by atoms with E-state index in [9.17, 15) is 0 Å². The molecule has 1 aromatic heterocycles. The van der Waals surface area contributed by atoms with Crippen LogP contribution in [0.4, 0.5) is 11.4 Å². The molecule has 2 aliphatic rings. The minimum atomic E-state index is 0.792. The summed E-state index contributed by atoms with van der Waals surface area (Å²) in [6, 6.07) is 29.4. The molecule has 4 nitrogen and oxygen atoms in total. The molecule has 168 valence electrons. The summed E-state index contributed by atoms with van der Waals surface area (Å²) in [6.45, 7) is 0. The van der Waals surface area contributed by atoms with Crippen LogP contribution in [0.1, 0.15) is 11.3 Å². The lowest BCUT2D eigenvalue weighted by atomic mass is 9.95. The van der Waals surface area contributed by atoms with Crippen LogP contribution in [0.25, 0.3) is 33.2 Å². The normalized spacial score (nSPS) is 17.0. The molecular weight excluding hydrogens is 432 g/mol. The molecule has 0 N–H and O–H groups in total. The van der Waals surface area contributed by atoms with Gasteiger partial charge in [-0.25, -0.2) is 0 Å². The Morgan fingerprint density at radius 1 is 0.771 bits per heavy atom. The zero-order chi connectivity index (χ0) is 23.5. The number of hydrogen-bond acceptors (Lipinski definition) is 3. The minimum Gasteiger partial charge on any atom is -0.465 e. The SMILES string of the molecule is CN1/C(=C/C2=[N+](C)c3ccc4ccccc4c3/C2=C/c2ccco2)Oc2c1ccc1ccccc21. The number of furan rings is 1. The third kappa shape index (κ3) is 2.96. The molecule has 2 aliphatic heterocycles. The van der Waals surface area contributed by atoms with Gasteiger partial charge in [-0.2, -0.15) is 4.58 Å². The van der Waals surface area contributed by atoms with Crippen molar-refractivity contribution < 1.29 is 13.7 Å². The molecule has 3 heterocycles. The number of fused-ring (bicyclic) bond motifs is 6. The van der Waals surface area contributed by atoms with Crippen LogP contribution in [0.15, 0.2) is 108 Å². The molecule has 0 radical (unpaired) electrons. The molecule has 7 rings (SSSR count). The monoisotopic (exact) mass is 455 g/mol. The molecule has 35 heavy (non-hydrogen) atoms. The highest BCUT2D eigenvalue weighted by molar-refractivity contribution is 6.36. The number of anilines is 1. The van der Waals surface area contributed by atoms with E-state index in [1.807, 2.05) is 12.1 Å². The van der Waals surface area contributed by atoms with Crippen molar-refractivity contribution in [1.82, 2.24) is 0 Å². The van der Waals surface area contributed by atoms with Crippen LogP contribution in [0.5, 0.6) is 5.75 Å². The third-order valence-corrected chi connectivity index (χ3v) is 7.02. The topological polar surface area (TPSA) is 28.6 Å². The lowest BCUT2D eigenvalue weighted by Gasteiger charge is -2.10. The predicted octanol–water partition coefficient (Wildman–Crippen LogP) is 7.23. The summed E-state index contributed by atoms with van der Waals surface area (Å²) < 4.78 is 14.5. The number of nitrogens with zero attached hydrogens (tertiary/aromatic N) is 2. The van der Waals surface area contributed by atoms with Gasteiger partial charge in [0.1, 0.15) is 12.8 Å². The molecule has 4 aromatic carbocycles. The van der Waals surface area contributed by atoms with Gasteiger partial charge in [0.25, 0.3) is 0 Å². The first-order valence-electron chi connectivity index (χ1n) is 11.7. The van der Waals surface area contributed by atoms with Gasteiger partial charge >= 0.3 is 0 Å². The lowest BCUT2D eigenvalue weighted by Crippen LogP contribution is -2.16. The fourth-order valence-corrected chi connectivity index (χ4v) is 5.24. The van der Waals surface area contributed by atoms with Crippen molar-refractivity contribution >= 4 is 50.3 Å². The Kier molecular flexibility index (Phi) is 4.24. The number of allylic oxidation sites excluding steroid dienone is 2. The summed E-state index contributed by atoms with van der Waals surface area (Å²) in [7, 11) is 4.17. The Bertz CT molecular complexity index is 1740. The van der Waals surface area contributed by atoms with Crippen molar-refractivity contribution in [2.24, 2.45) is 0 Å². The second kappa shape index (κ2) is 7.47. The highest BCUT2D eigenvalue weighted by Gasteiger charge is 2.35. The average Bonchev–Trinajstić information content (AvgIpc) is 3.59. The van der Waals surface area contributed by atoms with Crippen LogP contribution in [0, 0.1) is 0 Å². The molecular formula is C31H23N2O2+. The summed E-state index contributed by atoms with van der Waals surface area (Å²) in [6.07, 6.45) is 5.97. The number of hydrogen-bond donors (Lipinski definition) is 0. The first-order valence-corrected chi connectivity index (χ1v) is 11.7. The second-order valence-corrected chi connectivity index (χ2v) is 8.98. The summed E-state index contributed by atoms with van der Waals surface area (Å²) in [5.74, 6) is 2.51. The molecule has 4 heteroatoms.